The zero-order valence-electron chi connectivity index (χ0n) is 12.2. The van der Waals surface area contributed by atoms with Crippen LogP contribution >= 0.6 is 22.6 Å². The second kappa shape index (κ2) is 6.08. The summed E-state index contributed by atoms with van der Waals surface area (Å²) >= 11 is 2.07. The molecule has 0 aliphatic carbocycles. The molecule has 0 bridgehead atoms. The van der Waals surface area contributed by atoms with Gasteiger partial charge in [-0.1, -0.05) is 43.2 Å². The molecule has 2 aromatic rings. The molecule has 0 spiro atoms. The van der Waals surface area contributed by atoms with Crippen molar-refractivity contribution >= 4 is 22.6 Å². The Kier molecular flexibility index (Phi) is 4.62. The maximum Gasteiger partial charge on any atom is 0.264 e. The SMILES string of the molecule is Cc1cc(C)cc(Cc2nc(C(C)C)c(I)c(=O)[nH]2)c1. The summed E-state index contributed by atoms with van der Waals surface area (Å²) in [6.45, 7) is 8.29. The van der Waals surface area contributed by atoms with Gasteiger partial charge in [0.05, 0.1) is 9.26 Å². The molecule has 4 heteroatoms. The number of aromatic nitrogens is 2. The highest BCUT2D eigenvalue weighted by Gasteiger charge is 2.12. The van der Waals surface area contributed by atoms with Gasteiger partial charge in [-0.25, -0.2) is 4.98 Å². The van der Waals surface area contributed by atoms with Gasteiger partial charge in [0.25, 0.3) is 5.56 Å². The zero-order valence-corrected chi connectivity index (χ0v) is 14.4. The molecule has 0 saturated heterocycles. The van der Waals surface area contributed by atoms with E-state index in [1.807, 2.05) is 0 Å². The maximum atomic E-state index is 12.0. The molecule has 0 radical (unpaired) electrons. The summed E-state index contributed by atoms with van der Waals surface area (Å²) in [6, 6.07) is 6.42. The van der Waals surface area contributed by atoms with Crippen molar-refractivity contribution in [2.24, 2.45) is 0 Å². The molecule has 0 aliphatic rings. The highest BCUT2D eigenvalue weighted by atomic mass is 127. The van der Waals surface area contributed by atoms with Crippen molar-refractivity contribution < 1.29 is 0 Å². The van der Waals surface area contributed by atoms with Gasteiger partial charge in [-0.15, -0.1) is 0 Å². The fourth-order valence-corrected chi connectivity index (χ4v) is 3.23. The largest absolute Gasteiger partial charge is 0.309 e. The van der Waals surface area contributed by atoms with Crippen LogP contribution in [0.5, 0.6) is 0 Å². The third kappa shape index (κ3) is 3.48. The van der Waals surface area contributed by atoms with Crippen molar-refractivity contribution in [2.45, 2.75) is 40.0 Å². The molecule has 0 aliphatic heterocycles. The van der Waals surface area contributed by atoms with Crippen molar-refractivity contribution in [3.8, 4) is 0 Å². The molecule has 1 aromatic heterocycles. The molecule has 1 heterocycles. The smallest absolute Gasteiger partial charge is 0.264 e. The summed E-state index contributed by atoms with van der Waals surface area (Å²) in [5.74, 6) is 0.992. The Bertz CT molecular complexity index is 669. The molecule has 1 N–H and O–H groups in total. The van der Waals surface area contributed by atoms with E-state index in [9.17, 15) is 4.79 Å². The summed E-state index contributed by atoms with van der Waals surface area (Å²) in [4.78, 5) is 19.5. The lowest BCUT2D eigenvalue weighted by Crippen LogP contribution is -2.19. The highest BCUT2D eigenvalue weighted by Crippen LogP contribution is 2.17. The number of hydrogen-bond donors (Lipinski definition) is 1. The van der Waals surface area contributed by atoms with E-state index >= 15 is 0 Å². The van der Waals surface area contributed by atoms with E-state index in [0.717, 1.165) is 11.5 Å². The van der Waals surface area contributed by atoms with E-state index in [0.29, 0.717) is 9.99 Å². The summed E-state index contributed by atoms with van der Waals surface area (Å²) in [5.41, 5.74) is 4.49. The first kappa shape index (κ1) is 15.2. The summed E-state index contributed by atoms with van der Waals surface area (Å²) in [6.07, 6.45) is 0.661. The predicted molar refractivity (Wildman–Crippen MR) is 90.4 cm³/mol. The van der Waals surface area contributed by atoms with Crippen LogP contribution in [0.25, 0.3) is 0 Å². The molecular formula is C16H19IN2O. The second-order valence-electron chi connectivity index (χ2n) is 5.54. The minimum atomic E-state index is -0.0383. The molecule has 0 unspecified atom stereocenters. The van der Waals surface area contributed by atoms with Gasteiger partial charge < -0.3 is 4.98 Å². The number of aryl methyl sites for hydroxylation is 2. The van der Waals surface area contributed by atoms with Crippen LogP contribution in [-0.4, -0.2) is 9.97 Å². The Morgan fingerprint density at radius 3 is 2.35 bits per heavy atom. The fraction of sp³-hybridized carbons (Fsp3) is 0.375. The number of halogens is 1. The van der Waals surface area contributed by atoms with Gasteiger partial charge in [-0.05, 0) is 47.9 Å². The van der Waals surface area contributed by atoms with Crippen molar-refractivity contribution in [3.63, 3.8) is 0 Å². The lowest BCUT2D eigenvalue weighted by molar-refractivity contribution is 0.774. The van der Waals surface area contributed by atoms with Crippen LogP contribution in [0.4, 0.5) is 0 Å². The topological polar surface area (TPSA) is 45.8 Å². The minimum absolute atomic E-state index is 0.0383. The quantitative estimate of drug-likeness (QED) is 0.823. The van der Waals surface area contributed by atoms with Crippen molar-refractivity contribution in [1.82, 2.24) is 9.97 Å². The first-order valence-corrected chi connectivity index (χ1v) is 7.80. The Balaban J connectivity index is 2.41. The van der Waals surface area contributed by atoms with Gasteiger partial charge in [0.1, 0.15) is 5.82 Å². The number of H-pyrrole nitrogens is 1. The lowest BCUT2D eigenvalue weighted by atomic mass is 10.0. The van der Waals surface area contributed by atoms with Gasteiger partial charge in [0.2, 0.25) is 0 Å². The predicted octanol–water partition coefficient (Wildman–Crippen LogP) is 3.71. The standard InChI is InChI=1S/C16H19IN2O/c1-9(2)15-14(17)16(20)19-13(18-15)8-12-6-10(3)5-11(4)7-12/h5-7,9H,8H2,1-4H3,(H,18,19,20). The molecule has 2 rings (SSSR count). The average molecular weight is 382 g/mol. The molecule has 1 aromatic carbocycles. The van der Waals surface area contributed by atoms with Gasteiger partial charge in [-0.2, -0.15) is 0 Å². The zero-order chi connectivity index (χ0) is 14.9. The second-order valence-corrected chi connectivity index (χ2v) is 6.62. The number of rotatable bonds is 3. The van der Waals surface area contributed by atoms with E-state index < -0.39 is 0 Å². The van der Waals surface area contributed by atoms with Gasteiger partial charge in [0.15, 0.2) is 0 Å². The van der Waals surface area contributed by atoms with E-state index in [-0.39, 0.29) is 11.5 Å². The molecule has 0 atom stereocenters. The Morgan fingerprint density at radius 2 is 1.80 bits per heavy atom. The third-order valence-electron chi connectivity index (χ3n) is 3.14. The lowest BCUT2D eigenvalue weighted by Gasteiger charge is -2.10. The van der Waals surface area contributed by atoms with E-state index in [4.69, 9.17) is 0 Å². The van der Waals surface area contributed by atoms with Gasteiger partial charge >= 0.3 is 0 Å². The molecular weight excluding hydrogens is 363 g/mol. The van der Waals surface area contributed by atoms with Crippen molar-refractivity contribution in [3.05, 3.63) is 60.3 Å². The fourth-order valence-electron chi connectivity index (χ4n) is 2.36. The monoisotopic (exact) mass is 382 g/mol. The Labute approximate surface area is 133 Å². The van der Waals surface area contributed by atoms with Gasteiger partial charge in [0, 0.05) is 6.42 Å². The normalized spacial score (nSPS) is 11.1. The summed E-state index contributed by atoms with van der Waals surface area (Å²) in [7, 11) is 0. The molecule has 3 nitrogen and oxygen atoms in total. The van der Waals surface area contributed by atoms with Crippen molar-refractivity contribution in [1.29, 1.82) is 0 Å². The average Bonchev–Trinajstić information content (AvgIpc) is 2.31. The first-order chi connectivity index (χ1) is 9.36. The van der Waals surface area contributed by atoms with E-state index in [1.165, 1.54) is 16.7 Å². The number of hydrogen-bond acceptors (Lipinski definition) is 2. The third-order valence-corrected chi connectivity index (χ3v) is 4.18. The molecule has 0 fully saturated rings. The van der Waals surface area contributed by atoms with Crippen LogP contribution in [0, 0.1) is 17.4 Å². The van der Waals surface area contributed by atoms with Crippen LogP contribution in [0.15, 0.2) is 23.0 Å². The molecule has 0 saturated carbocycles. The Hall–Kier alpha value is -1.17. The summed E-state index contributed by atoms with van der Waals surface area (Å²) < 4.78 is 0.696. The maximum absolute atomic E-state index is 12.0. The Morgan fingerprint density at radius 1 is 1.20 bits per heavy atom. The van der Waals surface area contributed by atoms with Gasteiger partial charge in [-0.3, -0.25) is 4.79 Å². The van der Waals surface area contributed by atoms with Crippen LogP contribution < -0.4 is 5.56 Å². The van der Waals surface area contributed by atoms with Crippen molar-refractivity contribution in [2.75, 3.05) is 0 Å². The molecule has 106 valence electrons. The number of nitrogens with one attached hydrogen (secondary N) is 1. The molecule has 0 amide bonds. The van der Waals surface area contributed by atoms with Crippen LogP contribution in [0.1, 0.15) is 48.0 Å². The highest BCUT2D eigenvalue weighted by molar-refractivity contribution is 14.1. The van der Waals surface area contributed by atoms with E-state index in [2.05, 4.69) is 78.5 Å². The summed E-state index contributed by atoms with van der Waals surface area (Å²) in [5, 5.41) is 0. The van der Waals surface area contributed by atoms with Crippen LogP contribution in [0.3, 0.4) is 0 Å². The van der Waals surface area contributed by atoms with Crippen LogP contribution in [-0.2, 0) is 6.42 Å². The number of aromatic amines is 1. The molecule has 20 heavy (non-hydrogen) atoms. The minimum Gasteiger partial charge on any atom is -0.309 e. The van der Waals surface area contributed by atoms with E-state index in [1.54, 1.807) is 0 Å². The first-order valence-electron chi connectivity index (χ1n) is 6.72. The van der Waals surface area contributed by atoms with Crippen LogP contribution in [0.2, 0.25) is 0 Å². The number of nitrogens with zero attached hydrogens (tertiary/aromatic N) is 1. The number of benzene rings is 1.